The summed E-state index contributed by atoms with van der Waals surface area (Å²) in [6.07, 6.45) is 1.10. The number of hydrogen-bond donors (Lipinski definition) is 2. The molecule has 0 aromatic carbocycles. The predicted molar refractivity (Wildman–Crippen MR) is 89.9 cm³/mol. The van der Waals surface area contributed by atoms with Crippen LogP contribution in [0.5, 0.6) is 0 Å². The number of primary amides is 2. The number of aromatic nitrogens is 1. The highest BCUT2D eigenvalue weighted by molar-refractivity contribution is 7.94. The van der Waals surface area contributed by atoms with E-state index in [0.717, 1.165) is 10.6 Å². The van der Waals surface area contributed by atoms with Crippen LogP contribution in [-0.2, 0) is 19.7 Å². The standard InChI is InChI=1S/C14H17N3O6S2/c1-3-24(20,21)11-9-6-5-8(13(15)18)7-17(9)10(14(16)19)12(11)25(22,23)4-2/h5-7H,3-4H2,1-2H3,(H2,15,18)(H2,16,19). The molecule has 2 rings (SSSR count). The number of sulfone groups is 2. The van der Waals surface area contributed by atoms with Gasteiger partial charge in [-0.1, -0.05) is 13.8 Å². The molecule has 9 nitrogen and oxygen atoms in total. The van der Waals surface area contributed by atoms with Gasteiger partial charge in [0.05, 0.1) is 22.6 Å². The van der Waals surface area contributed by atoms with Crippen LogP contribution in [-0.4, -0.2) is 44.6 Å². The van der Waals surface area contributed by atoms with Gasteiger partial charge in [-0.25, -0.2) is 16.8 Å². The van der Waals surface area contributed by atoms with Crippen LogP contribution in [0.2, 0.25) is 0 Å². The third kappa shape index (κ3) is 3.00. The predicted octanol–water partition coefficient (Wildman–Crippen LogP) is -0.276. The van der Waals surface area contributed by atoms with E-state index in [2.05, 4.69) is 0 Å². The van der Waals surface area contributed by atoms with E-state index < -0.39 is 52.7 Å². The first kappa shape index (κ1) is 18.9. The number of amides is 2. The quantitative estimate of drug-likeness (QED) is 0.693. The van der Waals surface area contributed by atoms with E-state index in [9.17, 15) is 26.4 Å². The van der Waals surface area contributed by atoms with Crippen molar-refractivity contribution in [3.63, 3.8) is 0 Å². The maximum atomic E-state index is 12.5. The van der Waals surface area contributed by atoms with E-state index >= 15 is 0 Å². The van der Waals surface area contributed by atoms with Crippen molar-refractivity contribution in [3.8, 4) is 0 Å². The molecule has 2 amide bonds. The molecule has 11 heteroatoms. The van der Waals surface area contributed by atoms with Gasteiger partial charge in [0.2, 0.25) is 5.91 Å². The summed E-state index contributed by atoms with van der Waals surface area (Å²) in [5.41, 5.74) is 9.90. The van der Waals surface area contributed by atoms with Gasteiger partial charge in [0, 0.05) is 6.20 Å². The van der Waals surface area contributed by atoms with Crippen molar-refractivity contribution in [2.75, 3.05) is 11.5 Å². The summed E-state index contributed by atoms with van der Waals surface area (Å²) in [5, 5.41) is 0. The number of fused-ring (bicyclic) bond motifs is 1. The molecule has 0 saturated heterocycles. The highest BCUT2D eigenvalue weighted by Crippen LogP contribution is 2.33. The first-order valence-corrected chi connectivity index (χ1v) is 10.5. The molecule has 0 aliphatic rings. The zero-order chi connectivity index (χ0) is 19.2. The average Bonchev–Trinajstić information content (AvgIpc) is 2.90. The van der Waals surface area contributed by atoms with Gasteiger partial charge in [-0.05, 0) is 12.1 Å². The maximum Gasteiger partial charge on any atom is 0.267 e. The summed E-state index contributed by atoms with van der Waals surface area (Å²) in [6, 6.07) is 2.48. The van der Waals surface area contributed by atoms with Crippen molar-refractivity contribution in [3.05, 3.63) is 29.6 Å². The van der Waals surface area contributed by atoms with Crippen LogP contribution in [0.1, 0.15) is 34.7 Å². The van der Waals surface area contributed by atoms with Crippen molar-refractivity contribution in [2.24, 2.45) is 11.5 Å². The number of pyridine rings is 1. The molecule has 0 atom stereocenters. The number of hydrogen-bond acceptors (Lipinski definition) is 6. The fraction of sp³-hybridized carbons (Fsp3) is 0.286. The van der Waals surface area contributed by atoms with Crippen LogP contribution in [0.4, 0.5) is 0 Å². The van der Waals surface area contributed by atoms with Gasteiger partial charge in [0.1, 0.15) is 15.5 Å². The van der Waals surface area contributed by atoms with Crippen molar-refractivity contribution in [1.29, 1.82) is 0 Å². The highest BCUT2D eigenvalue weighted by atomic mass is 32.2. The first-order valence-electron chi connectivity index (χ1n) is 7.21. The Balaban J connectivity index is 3.21. The monoisotopic (exact) mass is 387 g/mol. The Hall–Kier alpha value is -2.40. The molecule has 0 unspecified atom stereocenters. The summed E-state index contributed by atoms with van der Waals surface area (Å²) in [5.74, 6) is -2.78. The van der Waals surface area contributed by atoms with Crippen molar-refractivity contribution >= 4 is 37.0 Å². The second kappa shape index (κ2) is 6.15. The molecule has 0 aliphatic carbocycles. The number of carbonyl (C=O) groups is 2. The maximum absolute atomic E-state index is 12.5. The van der Waals surface area contributed by atoms with Crippen LogP contribution >= 0.6 is 0 Å². The molecule has 0 aliphatic heterocycles. The molecule has 2 aromatic heterocycles. The summed E-state index contributed by atoms with van der Waals surface area (Å²) in [6.45, 7) is 2.67. The van der Waals surface area contributed by atoms with Crippen LogP contribution in [0.25, 0.3) is 5.52 Å². The van der Waals surface area contributed by atoms with Crippen LogP contribution in [0, 0.1) is 0 Å². The zero-order valence-electron chi connectivity index (χ0n) is 13.5. The van der Waals surface area contributed by atoms with Gasteiger partial charge in [0.15, 0.2) is 19.7 Å². The van der Waals surface area contributed by atoms with E-state index in [1.54, 1.807) is 0 Å². The Kier molecular flexibility index (Phi) is 4.66. The molecular weight excluding hydrogens is 370 g/mol. The minimum Gasteiger partial charge on any atom is -0.366 e. The van der Waals surface area contributed by atoms with E-state index in [1.165, 1.54) is 26.0 Å². The molecule has 136 valence electrons. The Morgan fingerprint density at radius 3 is 1.88 bits per heavy atom. The fourth-order valence-electron chi connectivity index (χ4n) is 2.46. The normalized spacial score (nSPS) is 12.4. The van der Waals surface area contributed by atoms with Gasteiger partial charge in [-0.15, -0.1) is 0 Å². The summed E-state index contributed by atoms with van der Waals surface area (Å²) < 4.78 is 51.1. The molecular formula is C14H17N3O6S2. The number of nitrogens with two attached hydrogens (primary N) is 2. The molecule has 0 saturated carbocycles. The largest absolute Gasteiger partial charge is 0.366 e. The van der Waals surface area contributed by atoms with E-state index in [-0.39, 0.29) is 16.8 Å². The SMILES string of the molecule is CCS(=O)(=O)c1c(S(=O)(=O)CC)c2ccc(C(N)=O)cn2c1C(N)=O. The topological polar surface area (TPSA) is 159 Å². The lowest BCUT2D eigenvalue weighted by Gasteiger charge is -2.06. The Labute approximate surface area is 144 Å². The zero-order valence-corrected chi connectivity index (χ0v) is 15.1. The fourth-order valence-corrected chi connectivity index (χ4v) is 5.54. The lowest BCUT2D eigenvalue weighted by molar-refractivity contribution is 0.0983. The molecule has 0 fully saturated rings. The third-order valence-corrected chi connectivity index (χ3v) is 7.45. The van der Waals surface area contributed by atoms with E-state index in [1.807, 2.05) is 0 Å². The van der Waals surface area contributed by atoms with Crippen LogP contribution < -0.4 is 11.5 Å². The third-order valence-electron chi connectivity index (χ3n) is 3.74. The second-order valence-corrected chi connectivity index (χ2v) is 9.65. The molecule has 0 spiro atoms. The molecule has 0 bridgehead atoms. The highest BCUT2D eigenvalue weighted by Gasteiger charge is 2.35. The van der Waals surface area contributed by atoms with Crippen LogP contribution in [0.15, 0.2) is 28.1 Å². The molecule has 0 radical (unpaired) electrons. The lowest BCUT2D eigenvalue weighted by atomic mass is 10.2. The van der Waals surface area contributed by atoms with Gasteiger partial charge in [0.25, 0.3) is 5.91 Å². The Bertz CT molecular complexity index is 1100. The van der Waals surface area contributed by atoms with Gasteiger partial charge < -0.3 is 15.9 Å². The minimum atomic E-state index is -4.11. The minimum absolute atomic E-state index is 0.0362. The lowest BCUT2D eigenvalue weighted by Crippen LogP contribution is -2.20. The average molecular weight is 387 g/mol. The summed E-state index contributed by atoms with van der Waals surface area (Å²) in [4.78, 5) is 22.2. The number of carbonyl (C=O) groups excluding carboxylic acids is 2. The Morgan fingerprint density at radius 1 is 0.920 bits per heavy atom. The van der Waals surface area contributed by atoms with E-state index in [4.69, 9.17) is 11.5 Å². The smallest absolute Gasteiger partial charge is 0.267 e. The van der Waals surface area contributed by atoms with Crippen LogP contribution in [0.3, 0.4) is 0 Å². The molecule has 4 N–H and O–H groups in total. The summed E-state index contributed by atoms with van der Waals surface area (Å²) >= 11 is 0. The first-order chi connectivity index (χ1) is 11.5. The van der Waals surface area contributed by atoms with Crippen molar-refractivity contribution < 1.29 is 26.4 Å². The summed E-state index contributed by atoms with van der Waals surface area (Å²) in [7, 11) is -8.13. The molecule has 2 aromatic rings. The van der Waals surface area contributed by atoms with E-state index in [0.29, 0.717) is 0 Å². The van der Waals surface area contributed by atoms with Gasteiger partial charge in [-0.3, -0.25) is 9.59 Å². The van der Waals surface area contributed by atoms with Gasteiger partial charge >= 0.3 is 0 Å². The second-order valence-electron chi connectivity index (χ2n) is 5.22. The van der Waals surface area contributed by atoms with Crippen molar-refractivity contribution in [1.82, 2.24) is 4.40 Å². The van der Waals surface area contributed by atoms with Crippen molar-refractivity contribution in [2.45, 2.75) is 23.6 Å². The Morgan fingerprint density at radius 2 is 1.44 bits per heavy atom. The van der Waals surface area contributed by atoms with Gasteiger partial charge in [-0.2, -0.15) is 0 Å². The molecule has 25 heavy (non-hydrogen) atoms. The number of rotatable bonds is 6. The number of nitrogens with zero attached hydrogens (tertiary/aromatic N) is 1. The molecule has 2 heterocycles.